The van der Waals surface area contributed by atoms with Gasteiger partial charge >= 0.3 is 0 Å². The Bertz CT molecular complexity index is 156. The molecule has 0 saturated carbocycles. The smallest absolute Gasteiger partial charge is 0.0115 e. The minimum absolute atomic E-state index is 0.402. The van der Waals surface area contributed by atoms with E-state index >= 15 is 0 Å². The first-order chi connectivity index (χ1) is 6.54. The van der Waals surface area contributed by atoms with Crippen molar-refractivity contribution in [1.29, 1.82) is 0 Å². The van der Waals surface area contributed by atoms with Crippen LogP contribution in [0.25, 0.3) is 0 Å². The van der Waals surface area contributed by atoms with Crippen LogP contribution < -0.4 is 5.32 Å². The van der Waals surface area contributed by atoms with Crippen molar-refractivity contribution >= 4 is 11.8 Å². The van der Waals surface area contributed by atoms with E-state index in [1.165, 1.54) is 30.8 Å². The van der Waals surface area contributed by atoms with Gasteiger partial charge in [0.15, 0.2) is 0 Å². The summed E-state index contributed by atoms with van der Waals surface area (Å²) in [4.78, 5) is 0. The maximum absolute atomic E-state index is 3.48. The van der Waals surface area contributed by atoms with Gasteiger partial charge in [-0.2, -0.15) is 11.8 Å². The number of thioether (sulfide) groups is 1. The molecule has 0 aromatic carbocycles. The first-order valence-corrected chi connectivity index (χ1v) is 6.94. The fraction of sp³-hybridized carbons (Fsp3) is 1.00. The molecule has 0 aliphatic carbocycles. The van der Waals surface area contributed by atoms with E-state index in [2.05, 4.69) is 44.9 Å². The molecule has 1 aliphatic rings. The van der Waals surface area contributed by atoms with Crippen molar-refractivity contribution in [3.05, 3.63) is 0 Å². The predicted octanol–water partition coefficient (Wildman–Crippen LogP) is 3.15. The van der Waals surface area contributed by atoms with Crippen molar-refractivity contribution in [3.8, 4) is 0 Å². The fourth-order valence-electron chi connectivity index (χ4n) is 2.22. The summed E-state index contributed by atoms with van der Waals surface area (Å²) in [5, 5.41) is 3.48. The summed E-state index contributed by atoms with van der Waals surface area (Å²) in [7, 11) is 2.10. The van der Waals surface area contributed by atoms with E-state index in [-0.39, 0.29) is 0 Å². The number of nitrogens with one attached hydrogen (secondary N) is 1. The summed E-state index contributed by atoms with van der Waals surface area (Å²) in [6.45, 7) is 7.02. The van der Waals surface area contributed by atoms with E-state index in [0.717, 1.165) is 5.92 Å². The molecule has 0 radical (unpaired) electrons. The van der Waals surface area contributed by atoms with Crippen LogP contribution in [0.1, 0.15) is 40.0 Å². The lowest BCUT2D eigenvalue weighted by molar-refractivity contribution is 0.230. The molecule has 1 nitrogen and oxygen atoms in total. The third-order valence-corrected chi connectivity index (χ3v) is 4.35. The molecule has 84 valence electrons. The Kier molecular flexibility index (Phi) is 4.78. The zero-order valence-corrected chi connectivity index (χ0v) is 10.9. The molecule has 2 heteroatoms. The maximum Gasteiger partial charge on any atom is 0.0115 e. The zero-order chi connectivity index (χ0) is 10.6. The minimum atomic E-state index is 0.402. The lowest BCUT2D eigenvalue weighted by atomic mass is 9.80. The zero-order valence-electron chi connectivity index (χ0n) is 10.1. The molecular formula is C12H25NS. The van der Waals surface area contributed by atoms with Crippen molar-refractivity contribution in [2.45, 2.75) is 46.1 Å². The third kappa shape index (κ3) is 3.82. The highest BCUT2D eigenvalue weighted by Gasteiger charge is 2.26. The van der Waals surface area contributed by atoms with Crippen LogP contribution in [0.2, 0.25) is 0 Å². The largest absolute Gasteiger partial charge is 0.316 e. The monoisotopic (exact) mass is 215 g/mol. The van der Waals surface area contributed by atoms with Crippen LogP contribution in [0.15, 0.2) is 0 Å². The highest BCUT2D eigenvalue weighted by molar-refractivity contribution is 7.99. The van der Waals surface area contributed by atoms with Gasteiger partial charge in [-0.25, -0.2) is 0 Å². The second-order valence-corrected chi connectivity index (χ2v) is 6.72. The van der Waals surface area contributed by atoms with Gasteiger partial charge in [0.2, 0.25) is 0 Å². The Balaban J connectivity index is 2.39. The molecule has 1 N–H and O–H groups in total. The molecule has 1 fully saturated rings. The van der Waals surface area contributed by atoms with Crippen LogP contribution in [0, 0.1) is 11.3 Å². The summed E-state index contributed by atoms with van der Waals surface area (Å²) in [5.74, 6) is 3.73. The molecule has 0 spiro atoms. The molecule has 1 unspecified atom stereocenters. The predicted molar refractivity (Wildman–Crippen MR) is 67.0 cm³/mol. The van der Waals surface area contributed by atoms with Crippen LogP contribution in [0.4, 0.5) is 0 Å². The summed E-state index contributed by atoms with van der Waals surface area (Å²) < 4.78 is 0. The highest BCUT2D eigenvalue weighted by Crippen LogP contribution is 2.31. The van der Waals surface area contributed by atoms with Gasteiger partial charge in [0.25, 0.3) is 0 Å². The second-order valence-electron chi connectivity index (χ2n) is 5.50. The lowest BCUT2D eigenvalue weighted by Gasteiger charge is -2.34. The van der Waals surface area contributed by atoms with Crippen molar-refractivity contribution in [2.75, 3.05) is 18.6 Å². The van der Waals surface area contributed by atoms with Crippen LogP contribution in [0.3, 0.4) is 0 Å². The van der Waals surface area contributed by atoms with Crippen molar-refractivity contribution in [2.24, 2.45) is 11.3 Å². The molecule has 1 aliphatic heterocycles. The Morgan fingerprint density at radius 3 is 2.29 bits per heavy atom. The van der Waals surface area contributed by atoms with Crippen molar-refractivity contribution in [3.63, 3.8) is 0 Å². The number of hydrogen-bond acceptors (Lipinski definition) is 2. The van der Waals surface area contributed by atoms with Gasteiger partial charge < -0.3 is 5.32 Å². The lowest BCUT2D eigenvalue weighted by Crippen LogP contribution is -2.40. The average molecular weight is 215 g/mol. The van der Waals surface area contributed by atoms with Crippen LogP contribution in [-0.4, -0.2) is 24.6 Å². The molecule has 14 heavy (non-hydrogen) atoms. The maximum atomic E-state index is 3.48. The Morgan fingerprint density at radius 1 is 1.29 bits per heavy atom. The number of hydrogen-bond donors (Lipinski definition) is 1. The SMILES string of the molecule is CNC(CC1CCSCC1)C(C)(C)C. The van der Waals surface area contributed by atoms with Crippen LogP contribution in [-0.2, 0) is 0 Å². The molecule has 1 rings (SSSR count). The van der Waals surface area contributed by atoms with Gasteiger partial charge in [0.1, 0.15) is 0 Å². The molecule has 0 aromatic heterocycles. The van der Waals surface area contributed by atoms with Gasteiger partial charge in [-0.1, -0.05) is 20.8 Å². The normalized spacial score (nSPS) is 22.3. The van der Waals surface area contributed by atoms with Gasteiger partial charge in [0.05, 0.1) is 0 Å². The van der Waals surface area contributed by atoms with Crippen LogP contribution >= 0.6 is 11.8 Å². The Labute approximate surface area is 93.4 Å². The molecule has 1 atom stereocenters. The van der Waals surface area contributed by atoms with E-state index in [9.17, 15) is 0 Å². The summed E-state index contributed by atoms with van der Waals surface area (Å²) >= 11 is 2.12. The van der Waals surface area contributed by atoms with E-state index in [1.807, 2.05) is 0 Å². The Hall–Kier alpha value is 0.310. The van der Waals surface area contributed by atoms with E-state index < -0.39 is 0 Å². The summed E-state index contributed by atoms with van der Waals surface area (Å²) in [6, 6.07) is 0.676. The van der Waals surface area contributed by atoms with Gasteiger partial charge in [-0.15, -0.1) is 0 Å². The minimum Gasteiger partial charge on any atom is -0.316 e. The Morgan fingerprint density at radius 2 is 1.86 bits per heavy atom. The highest BCUT2D eigenvalue weighted by atomic mass is 32.2. The molecule has 1 heterocycles. The summed E-state index contributed by atoms with van der Waals surface area (Å²) in [5.41, 5.74) is 0.402. The molecule has 1 saturated heterocycles. The van der Waals surface area contributed by atoms with Gasteiger partial charge in [-0.3, -0.25) is 0 Å². The van der Waals surface area contributed by atoms with Gasteiger partial charge in [0, 0.05) is 6.04 Å². The van der Waals surface area contributed by atoms with Crippen molar-refractivity contribution < 1.29 is 0 Å². The summed E-state index contributed by atoms with van der Waals surface area (Å²) in [6.07, 6.45) is 4.22. The fourth-order valence-corrected chi connectivity index (χ4v) is 3.42. The first-order valence-electron chi connectivity index (χ1n) is 5.79. The van der Waals surface area contributed by atoms with Crippen molar-refractivity contribution in [1.82, 2.24) is 5.32 Å². The first kappa shape index (κ1) is 12.4. The quantitative estimate of drug-likeness (QED) is 0.776. The second kappa shape index (κ2) is 5.41. The standard InChI is InChI=1S/C12H25NS/c1-12(2,3)11(13-4)9-10-5-7-14-8-6-10/h10-11,13H,5-9H2,1-4H3. The number of rotatable bonds is 3. The van der Waals surface area contributed by atoms with Crippen LogP contribution in [0.5, 0.6) is 0 Å². The van der Waals surface area contributed by atoms with E-state index in [1.54, 1.807) is 0 Å². The third-order valence-electron chi connectivity index (χ3n) is 3.30. The van der Waals surface area contributed by atoms with E-state index in [4.69, 9.17) is 0 Å². The molecule has 0 aromatic rings. The molecule has 0 bridgehead atoms. The average Bonchev–Trinajstić information content (AvgIpc) is 2.14. The van der Waals surface area contributed by atoms with E-state index in [0.29, 0.717) is 11.5 Å². The molecular weight excluding hydrogens is 190 g/mol. The van der Waals surface area contributed by atoms with Gasteiger partial charge in [-0.05, 0) is 49.1 Å². The molecule has 0 amide bonds. The topological polar surface area (TPSA) is 12.0 Å².